The van der Waals surface area contributed by atoms with Crippen molar-refractivity contribution >= 4 is 32.7 Å². The van der Waals surface area contributed by atoms with Crippen LogP contribution in [0.1, 0.15) is 37.8 Å². The Morgan fingerprint density at radius 1 is 1.29 bits per heavy atom. The van der Waals surface area contributed by atoms with Crippen LogP contribution in [0.4, 0.5) is 17.6 Å². The lowest BCUT2D eigenvalue weighted by Gasteiger charge is -2.30. The maximum Gasteiger partial charge on any atom is 0.404 e. The normalized spacial score (nSPS) is 15.8. The molecule has 180 valence electrons. The Morgan fingerprint density at radius 3 is 2.50 bits per heavy atom. The number of aromatic nitrogens is 2. The number of alkyl halides is 3. The van der Waals surface area contributed by atoms with Crippen LogP contribution >= 0.6 is 11.8 Å². The zero-order valence-corrected chi connectivity index (χ0v) is 19.8. The molecule has 0 saturated heterocycles. The van der Waals surface area contributed by atoms with Crippen molar-refractivity contribution in [2.24, 2.45) is 0 Å². The van der Waals surface area contributed by atoms with Crippen LogP contribution in [-0.4, -0.2) is 36.4 Å². The van der Waals surface area contributed by atoms with Gasteiger partial charge < -0.3 is 4.57 Å². The molecule has 0 amide bonds. The van der Waals surface area contributed by atoms with Gasteiger partial charge in [0.15, 0.2) is 0 Å². The highest BCUT2D eigenvalue weighted by molar-refractivity contribution is 7.98. The van der Waals surface area contributed by atoms with Gasteiger partial charge in [-0.25, -0.2) is 12.8 Å². The van der Waals surface area contributed by atoms with Crippen molar-refractivity contribution in [2.45, 2.75) is 54.2 Å². The van der Waals surface area contributed by atoms with Gasteiger partial charge in [0.05, 0.1) is 22.5 Å². The number of sulfonamides is 1. The van der Waals surface area contributed by atoms with Crippen LogP contribution in [0.5, 0.6) is 0 Å². The SMILES string of the molecule is CSc1cc2c(cc1F)c(C#N)c(-c1ccc(S(=O)(=O)N[C@@H](C)C(F)(F)F)cn1)n2C1CCC1. The van der Waals surface area contributed by atoms with E-state index in [0.717, 1.165) is 31.5 Å². The molecule has 1 aromatic carbocycles. The van der Waals surface area contributed by atoms with Crippen LogP contribution < -0.4 is 4.72 Å². The van der Waals surface area contributed by atoms with Gasteiger partial charge in [0.25, 0.3) is 0 Å². The monoisotopic (exact) mass is 512 g/mol. The zero-order valence-electron chi connectivity index (χ0n) is 18.1. The Balaban J connectivity index is 1.83. The van der Waals surface area contributed by atoms with Crippen LogP contribution in [0.25, 0.3) is 22.3 Å². The highest BCUT2D eigenvalue weighted by Crippen LogP contribution is 2.43. The summed E-state index contributed by atoms with van der Waals surface area (Å²) in [7, 11) is -4.47. The molecule has 4 rings (SSSR count). The molecule has 0 bridgehead atoms. The summed E-state index contributed by atoms with van der Waals surface area (Å²) in [5.74, 6) is -0.451. The molecule has 0 unspecified atom stereocenters. The number of benzene rings is 1. The number of halogens is 4. The lowest BCUT2D eigenvalue weighted by Crippen LogP contribution is -2.42. The summed E-state index contributed by atoms with van der Waals surface area (Å²) in [5.41, 5.74) is 1.59. The summed E-state index contributed by atoms with van der Waals surface area (Å²) in [6.07, 6.45) is 0.686. The third-order valence-corrected chi connectivity index (χ3v) is 8.22. The van der Waals surface area contributed by atoms with Crippen molar-refractivity contribution in [1.82, 2.24) is 14.3 Å². The Kier molecular flexibility index (Phi) is 6.39. The molecule has 1 saturated carbocycles. The number of nitrogens with zero attached hydrogens (tertiary/aromatic N) is 3. The van der Waals surface area contributed by atoms with E-state index in [2.05, 4.69) is 11.1 Å². The topological polar surface area (TPSA) is 87.8 Å². The van der Waals surface area contributed by atoms with Crippen LogP contribution in [0, 0.1) is 17.1 Å². The molecule has 0 aliphatic heterocycles. The fourth-order valence-electron chi connectivity index (χ4n) is 3.90. The lowest BCUT2D eigenvalue weighted by molar-refractivity contribution is -0.147. The highest BCUT2D eigenvalue weighted by atomic mass is 32.2. The number of thioether (sulfide) groups is 1. The first-order valence-corrected chi connectivity index (χ1v) is 13.1. The Morgan fingerprint density at radius 2 is 2.00 bits per heavy atom. The average molecular weight is 513 g/mol. The summed E-state index contributed by atoms with van der Waals surface area (Å²) in [5, 5.41) is 10.3. The van der Waals surface area contributed by atoms with Crippen molar-refractivity contribution in [3.05, 3.63) is 41.8 Å². The van der Waals surface area contributed by atoms with Gasteiger partial charge in [-0.15, -0.1) is 11.8 Å². The van der Waals surface area contributed by atoms with Gasteiger partial charge >= 0.3 is 6.18 Å². The Bertz CT molecular complexity index is 1390. The molecule has 34 heavy (non-hydrogen) atoms. The smallest absolute Gasteiger partial charge is 0.335 e. The molecule has 3 aromatic rings. The number of nitrogens with one attached hydrogen (secondary N) is 1. The molecule has 1 fully saturated rings. The minimum absolute atomic E-state index is 0.0688. The molecule has 2 aromatic heterocycles. The van der Waals surface area contributed by atoms with Crippen molar-refractivity contribution in [1.29, 1.82) is 5.26 Å². The quantitative estimate of drug-likeness (QED) is 0.354. The van der Waals surface area contributed by atoms with Crippen molar-refractivity contribution in [3.8, 4) is 17.5 Å². The Labute approximate surface area is 198 Å². The van der Waals surface area contributed by atoms with E-state index < -0.39 is 33.0 Å². The first-order valence-electron chi connectivity index (χ1n) is 10.3. The van der Waals surface area contributed by atoms with Crippen molar-refractivity contribution in [3.63, 3.8) is 0 Å². The number of hydrogen-bond acceptors (Lipinski definition) is 5. The number of fused-ring (bicyclic) bond motifs is 1. The molecular weight excluding hydrogens is 492 g/mol. The minimum Gasteiger partial charge on any atom is -0.335 e. The first-order chi connectivity index (χ1) is 16.0. The van der Waals surface area contributed by atoms with Gasteiger partial charge in [-0.3, -0.25) is 4.98 Å². The van der Waals surface area contributed by atoms with Crippen LogP contribution in [0.2, 0.25) is 0 Å². The number of hydrogen-bond donors (Lipinski definition) is 1. The molecule has 1 N–H and O–H groups in total. The van der Waals surface area contributed by atoms with E-state index in [4.69, 9.17) is 0 Å². The molecule has 2 heterocycles. The largest absolute Gasteiger partial charge is 0.404 e. The molecule has 12 heteroatoms. The van der Waals surface area contributed by atoms with E-state index in [-0.39, 0.29) is 17.3 Å². The Hall–Kier alpha value is -2.62. The average Bonchev–Trinajstić information content (AvgIpc) is 3.03. The summed E-state index contributed by atoms with van der Waals surface area (Å²) < 4.78 is 81.3. The van der Waals surface area contributed by atoms with E-state index in [9.17, 15) is 31.2 Å². The van der Waals surface area contributed by atoms with Crippen LogP contribution in [-0.2, 0) is 10.0 Å². The predicted molar refractivity (Wildman–Crippen MR) is 120 cm³/mol. The van der Waals surface area contributed by atoms with E-state index in [0.29, 0.717) is 28.4 Å². The molecule has 0 radical (unpaired) electrons. The third-order valence-electron chi connectivity index (χ3n) is 5.94. The second-order valence-electron chi connectivity index (χ2n) is 8.06. The van der Waals surface area contributed by atoms with Crippen molar-refractivity contribution < 1.29 is 26.0 Å². The first kappa shape index (κ1) is 24.5. The van der Waals surface area contributed by atoms with Crippen LogP contribution in [0.3, 0.4) is 0 Å². The summed E-state index contributed by atoms with van der Waals surface area (Å²) in [6, 6.07) is 5.42. The molecule has 1 atom stereocenters. The molecule has 1 aliphatic carbocycles. The van der Waals surface area contributed by atoms with Gasteiger partial charge in [-0.2, -0.15) is 23.2 Å². The standard InChI is InChI=1S/C22H20F4N4O2S2/c1-12(22(24,25)26)29-34(31,32)14-6-7-18(28-11-14)21-16(10-27)15-8-17(23)20(33-2)9-19(15)30(21)13-4-3-5-13/h6-9,11-13,29H,3-5H2,1-2H3/t12-/m0/s1. The van der Waals surface area contributed by atoms with Crippen molar-refractivity contribution in [2.75, 3.05) is 6.26 Å². The second kappa shape index (κ2) is 8.87. The lowest BCUT2D eigenvalue weighted by atomic mass is 9.92. The van der Waals surface area contributed by atoms with Gasteiger partial charge in [0.1, 0.15) is 22.8 Å². The van der Waals surface area contributed by atoms with E-state index in [1.165, 1.54) is 23.9 Å². The zero-order chi connectivity index (χ0) is 24.8. The van der Waals surface area contributed by atoms with Crippen LogP contribution in [0.15, 0.2) is 40.3 Å². The summed E-state index contributed by atoms with van der Waals surface area (Å²) >= 11 is 1.25. The highest BCUT2D eigenvalue weighted by Gasteiger charge is 2.39. The van der Waals surface area contributed by atoms with E-state index in [1.54, 1.807) is 17.0 Å². The number of nitriles is 1. The van der Waals surface area contributed by atoms with E-state index in [1.807, 2.05) is 4.57 Å². The number of pyridine rings is 1. The third kappa shape index (κ3) is 4.28. The summed E-state index contributed by atoms with van der Waals surface area (Å²) in [6.45, 7) is 0.706. The molecule has 6 nitrogen and oxygen atoms in total. The molecular formula is C22H20F4N4O2S2. The van der Waals surface area contributed by atoms with Gasteiger partial charge in [-0.1, -0.05) is 0 Å². The number of rotatable bonds is 6. The fraction of sp³-hybridized carbons (Fsp3) is 0.364. The van der Waals surface area contributed by atoms with Gasteiger partial charge in [-0.05, 0) is 56.7 Å². The molecule has 0 spiro atoms. The van der Waals surface area contributed by atoms with Gasteiger partial charge in [0, 0.05) is 22.5 Å². The second-order valence-corrected chi connectivity index (χ2v) is 10.6. The van der Waals surface area contributed by atoms with Gasteiger partial charge in [0.2, 0.25) is 10.0 Å². The molecule has 1 aliphatic rings. The predicted octanol–water partition coefficient (Wildman–Crippen LogP) is 5.39. The summed E-state index contributed by atoms with van der Waals surface area (Å²) in [4.78, 5) is 4.18. The van der Waals surface area contributed by atoms with E-state index >= 15 is 0 Å². The fourth-order valence-corrected chi connectivity index (χ4v) is 5.56. The minimum atomic E-state index is -4.74. The maximum absolute atomic E-state index is 14.5. The maximum atomic E-state index is 14.5.